The lowest BCUT2D eigenvalue weighted by Gasteiger charge is -2.12. The average Bonchev–Trinajstić information content (AvgIpc) is 2.34. The predicted molar refractivity (Wildman–Crippen MR) is 82.5 cm³/mol. The van der Waals surface area contributed by atoms with Crippen LogP contribution in [0.3, 0.4) is 0 Å². The van der Waals surface area contributed by atoms with Gasteiger partial charge in [-0.1, -0.05) is 29.3 Å². The van der Waals surface area contributed by atoms with Crippen molar-refractivity contribution in [3.63, 3.8) is 0 Å². The molecule has 0 amide bonds. The highest BCUT2D eigenvalue weighted by molar-refractivity contribution is 9.09. The van der Waals surface area contributed by atoms with Crippen LogP contribution in [0.4, 0.5) is 0 Å². The molecule has 5 heteroatoms. The van der Waals surface area contributed by atoms with Crippen LogP contribution in [0.1, 0.15) is 19.8 Å². The lowest BCUT2D eigenvalue weighted by molar-refractivity contribution is 0.597. The number of hydrogen-bond donors (Lipinski definition) is 0. The number of benzene rings is 1. The van der Waals surface area contributed by atoms with Crippen molar-refractivity contribution in [2.24, 2.45) is 5.92 Å². The van der Waals surface area contributed by atoms with Crippen LogP contribution in [0.2, 0.25) is 0 Å². The molecule has 1 aromatic rings. The molecule has 0 radical (unpaired) electrons. The summed E-state index contributed by atoms with van der Waals surface area (Å²) in [5.74, 6) is 1.74. The van der Waals surface area contributed by atoms with Crippen molar-refractivity contribution in [1.29, 1.82) is 0 Å². The Morgan fingerprint density at radius 1 is 1.28 bits per heavy atom. The molecule has 2 nitrogen and oxygen atoms in total. The number of thioether (sulfide) groups is 1. The van der Waals surface area contributed by atoms with Gasteiger partial charge in [0.15, 0.2) is 9.84 Å². The third-order valence-corrected chi connectivity index (χ3v) is 5.94. The maximum Gasteiger partial charge on any atom is 0.175 e. The average molecular weight is 351 g/mol. The van der Waals surface area contributed by atoms with E-state index in [-0.39, 0.29) is 0 Å². The van der Waals surface area contributed by atoms with Crippen LogP contribution in [0.25, 0.3) is 0 Å². The normalized spacial score (nSPS) is 13.5. The minimum atomic E-state index is -3.08. The summed E-state index contributed by atoms with van der Waals surface area (Å²) in [6.07, 6.45) is 3.65. The Labute approximate surface area is 123 Å². The van der Waals surface area contributed by atoms with Crippen molar-refractivity contribution in [3.05, 3.63) is 24.3 Å². The van der Waals surface area contributed by atoms with E-state index in [2.05, 4.69) is 22.9 Å². The van der Waals surface area contributed by atoms with Gasteiger partial charge in [-0.3, -0.25) is 0 Å². The Hall–Kier alpha value is -0.000000000000000111. The van der Waals surface area contributed by atoms with Gasteiger partial charge in [-0.25, -0.2) is 8.42 Å². The zero-order valence-electron chi connectivity index (χ0n) is 10.7. The van der Waals surface area contributed by atoms with Gasteiger partial charge in [-0.05, 0) is 36.6 Å². The summed E-state index contributed by atoms with van der Waals surface area (Å²) in [5.41, 5.74) is 0. The van der Waals surface area contributed by atoms with Crippen molar-refractivity contribution in [3.8, 4) is 0 Å². The van der Waals surface area contributed by atoms with Crippen LogP contribution < -0.4 is 0 Å². The Balaban J connectivity index is 2.59. The summed E-state index contributed by atoms with van der Waals surface area (Å²) >= 11 is 5.32. The maximum atomic E-state index is 11.3. The Morgan fingerprint density at radius 2 is 1.89 bits per heavy atom. The van der Waals surface area contributed by atoms with Crippen LogP contribution >= 0.6 is 27.7 Å². The Morgan fingerprint density at radius 3 is 2.33 bits per heavy atom. The maximum absolute atomic E-state index is 11.3. The summed E-state index contributed by atoms with van der Waals surface area (Å²) in [6.45, 7) is 2.20. The number of alkyl halides is 1. The van der Waals surface area contributed by atoms with Crippen molar-refractivity contribution in [2.45, 2.75) is 29.6 Å². The highest BCUT2D eigenvalue weighted by Crippen LogP contribution is 2.25. The first-order valence-corrected chi connectivity index (χ1v) is 9.96. The van der Waals surface area contributed by atoms with Gasteiger partial charge in [0.2, 0.25) is 0 Å². The number of sulfone groups is 1. The van der Waals surface area contributed by atoms with Gasteiger partial charge in [-0.15, -0.1) is 11.8 Å². The third-order valence-electron chi connectivity index (χ3n) is 2.65. The van der Waals surface area contributed by atoms with Gasteiger partial charge >= 0.3 is 0 Å². The fraction of sp³-hybridized carbons (Fsp3) is 0.538. The van der Waals surface area contributed by atoms with Gasteiger partial charge in [-0.2, -0.15) is 0 Å². The van der Waals surface area contributed by atoms with E-state index < -0.39 is 9.84 Å². The highest BCUT2D eigenvalue weighted by Gasteiger charge is 2.09. The largest absolute Gasteiger partial charge is 0.224 e. The summed E-state index contributed by atoms with van der Waals surface area (Å²) in [7, 11) is -3.08. The zero-order chi connectivity index (χ0) is 13.6. The lowest BCUT2D eigenvalue weighted by atomic mass is 10.1. The second-order valence-corrected chi connectivity index (χ2v) is 8.12. The molecule has 0 aromatic heterocycles. The van der Waals surface area contributed by atoms with Crippen molar-refractivity contribution in [1.82, 2.24) is 0 Å². The molecular weight excluding hydrogens is 332 g/mol. The highest BCUT2D eigenvalue weighted by atomic mass is 79.9. The van der Waals surface area contributed by atoms with Crippen molar-refractivity contribution < 1.29 is 8.42 Å². The van der Waals surface area contributed by atoms with Crippen LogP contribution in [0.15, 0.2) is 34.1 Å². The molecule has 0 aliphatic rings. The second kappa shape index (κ2) is 7.56. The van der Waals surface area contributed by atoms with Gasteiger partial charge in [0.1, 0.15) is 0 Å². The van der Waals surface area contributed by atoms with E-state index in [1.54, 1.807) is 23.9 Å². The van der Waals surface area contributed by atoms with Crippen LogP contribution in [0.5, 0.6) is 0 Å². The summed E-state index contributed by atoms with van der Waals surface area (Å²) in [4.78, 5) is 1.52. The molecule has 0 N–H and O–H groups in total. The predicted octanol–water partition coefficient (Wildman–Crippen LogP) is 3.99. The minimum Gasteiger partial charge on any atom is -0.224 e. The van der Waals surface area contributed by atoms with E-state index in [9.17, 15) is 8.42 Å². The lowest BCUT2D eigenvalue weighted by Crippen LogP contribution is -2.04. The van der Waals surface area contributed by atoms with Gasteiger partial charge in [0, 0.05) is 22.2 Å². The van der Waals surface area contributed by atoms with Gasteiger partial charge in [0.25, 0.3) is 0 Å². The van der Waals surface area contributed by atoms with E-state index in [0.717, 1.165) is 16.0 Å². The molecule has 1 atom stereocenters. The van der Waals surface area contributed by atoms with Crippen molar-refractivity contribution >= 4 is 37.5 Å². The van der Waals surface area contributed by atoms with Gasteiger partial charge < -0.3 is 0 Å². The molecule has 0 saturated heterocycles. The first-order valence-electron chi connectivity index (χ1n) is 5.96. The zero-order valence-corrected chi connectivity index (χ0v) is 13.9. The molecule has 18 heavy (non-hydrogen) atoms. The molecule has 0 spiro atoms. The smallest absolute Gasteiger partial charge is 0.175 e. The monoisotopic (exact) mass is 350 g/mol. The standard InChI is InChI=1S/C13H19BrO2S2/c1-3-4-11(9-14)10-17-12-5-7-13(8-6-12)18(2,15)16/h5-8,11H,3-4,9-10H2,1-2H3. The molecule has 0 saturated carbocycles. The minimum absolute atomic E-state index is 0.387. The first kappa shape index (κ1) is 16.1. The number of hydrogen-bond acceptors (Lipinski definition) is 3. The summed E-state index contributed by atoms with van der Waals surface area (Å²) in [5, 5.41) is 1.02. The molecular formula is C13H19BrO2S2. The van der Waals surface area contributed by atoms with Gasteiger partial charge in [0.05, 0.1) is 4.90 Å². The van der Waals surface area contributed by atoms with E-state index in [1.807, 2.05) is 12.1 Å². The van der Waals surface area contributed by atoms with Crippen LogP contribution in [-0.4, -0.2) is 25.8 Å². The Kier molecular flexibility index (Phi) is 6.74. The van der Waals surface area contributed by atoms with Crippen LogP contribution in [-0.2, 0) is 9.84 Å². The van der Waals surface area contributed by atoms with E-state index >= 15 is 0 Å². The third kappa shape index (κ3) is 5.33. The van der Waals surface area contributed by atoms with E-state index in [4.69, 9.17) is 0 Å². The second-order valence-electron chi connectivity index (χ2n) is 4.36. The fourth-order valence-electron chi connectivity index (χ4n) is 1.61. The summed E-state index contributed by atoms with van der Waals surface area (Å²) in [6, 6.07) is 7.14. The van der Waals surface area contributed by atoms with E-state index in [0.29, 0.717) is 10.8 Å². The molecule has 0 aliphatic heterocycles. The number of rotatable bonds is 7. The molecule has 1 rings (SSSR count). The fourth-order valence-corrected chi connectivity index (χ4v) is 4.14. The van der Waals surface area contributed by atoms with Crippen molar-refractivity contribution in [2.75, 3.05) is 17.3 Å². The topological polar surface area (TPSA) is 34.1 Å². The SMILES string of the molecule is CCCC(CBr)CSc1ccc(S(C)(=O)=O)cc1. The first-order chi connectivity index (χ1) is 8.47. The molecule has 1 aromatic carbocycles. The molecule has 0 bridgehead atoms. The molecule has 0 heterocycles. The molecule has 1 unspecified atom stereocenters. The molecule has 0 aliphatic carbocycles. The quantitative estimate of drug-likeness (QED) is 0.550. The summed E-state index contributed by atoms with van der Waals surface area (Å²) < 4.78 is 22.7. The number of halogens is 1. The molecule has 102 valence electrons. The Bertz CT molecular complexity index is 454. The van der Waals surface area contributed by atoms with Crippen LogP contribution in [0, 0.1) is 5.92 Å². The molecule has 0 fully saturated rings. The van der Waals surface area contributed by atoms with E-state index in [1.165, 1.54) is 19.1 Å².